The zero-order valence-corrected chi connectivity index (χ0v) is 17.4. The molecule has 0 unspecified atom stereocenters. The third-order valence-electron chi connectivity index (χ3n) is 4.88. The lowest BCUT2D eigenvalue weighted by atomic mass is 9.97. The molecule has 0 radical (unpaired) electrons. The second-order valence-electron chi connectivity index (χ2n) is 6.98. The lowest BCUT2D eigenvalue weighted by molar-refractivity contribution is -0.122. The Hall–Kier alpha value is -3.06. The van der Waals surface area contributed by atoms with Crippen molar-refractivity contribution < 1.29 is 18.0 Å². The second kappa shape index (κ2) is 8.75. The van der Waals surface area contributed by atoms with Gasteiger partial charge in [-0.05, 0) is 47.5 Å². The molecule has 2 heterocycles. The zero-order chi connectivity index (χ0) is 21.9. The summed E-state index contributed by atoms with van der Waals surface area (Å²) in [5.74, 6) is -0.816. The van der Waals surface area contributed by atoms with E-state index < -0.39 is 15.7 Å². The van der Waals surface area contributed by atoms with Crippen LogP contribution in [0.15, 0.2) is 29.1 Å². The van der Waals surface area contributed by atoms with Crippen molar-refractivity contribution in [2.45, 2.75) is 19.4 Å². The quantitative estimate of drug-likeness (QED) is 0.576. The van der Waals surface area contributed by atoms with Crippen LogP contribution in [0.4, 0.5) is 5.69 Å². The molecule has 12 nitrogen and oxygen atoms in total. The van der Waals surface area contributed by atoms with E-state index in [9.17, 15) is 22.8 Å². The maximum Gasteiger partial charge on any atom is 0.368 e. The van der Waals surface area contributed by atoms with Gasteiger partial charge in [0.1, 0.15) is 6.54 Å². The van der Waals surface area contributed by atoms with Crippen molar-refractivity contribution in [3.63, 3.8) is 0 Å². The van der Waals surface area contributed by atoms with E-state index in [4.69, 9.17) is 0 Å². The fourth-order valence-electron chi connectivity index (χ4n) is 3.13. The first-order valence-electron chi connectivity index (χ1n) is 9.29. The van der Waals surface area contributed by atoms with Crippen LogP contribution < -0.4 is 16.3 Å². The number of anilines is 1. The number of aromatic nitrogens is 4. The Morgan fingerprint density at radius 2 is 1.77 bits per heavy atom. The molecule has 1 fully saturated rings. The van der Waals surface area contributed by atoms with Gasteiger partial charge in [0.15, 0.2) is 0 Å². The van der Waals surface area contributed by atoms with Crippen LogP contribution in [0, 0.1) is 5.92 Å². The highest BCUT2D eigenvalue weighted by Gasteiger charge is 2.28. The molecule has 3 rings (SSSR count). The van der Waals surface area contributed by atoms with Crippen LogP contribution in [0.5, 0.6) is 0 Å². The van der Waals surface area contributed by atoms with Gasteiger partial charge in [-0.2, -0.15) is 9.36 Å². The first-order chi connectivity index (χ1) is 14.2. The Labute approximate surface area is 172 Å². The van der Waals surface area contributed by atoms with E-state index in [0.29, 0.717) is 37.3 Å². The maximum absolute atomic E-state index is 12.5. The molecule has 0 bridgehead atoms. The molecule has 1 aliphatic rings. The molecular weight excluding hydrogens is 414 g/mol. The van der Waals surface area contributed by atoms with Crippen molar-refractivity contribution in [1.82, 2.24) is 29.4 Å². The Morgan fingerprint density at radius 3 is 2.33 bits per heavy atom. The Bertz CT molecular complexity index is 1080. The molecule has 2 N–H and O–H groups in total. The molecular formula is C17H23N7O5S. The lowest BCUT2D eigenvalue weighted by Gasteiger charge is -2.29. The first kappa shape index (κ1) is 21.6. The predicted octanol–water partition coefficient (Wildman–Crippen LogP) is -1.21. The molecule has 0 atom stereocenters. The number of piperidine rings is 1. The number of tetrazole rings is 1. The average Bonchev–Trinajstić information content (AvgIpc) is 3.08. The number of carbonyl (C=O) groups excluding carboxylic acids is 2. The summed E-state index contributed by atoms with van der Waals surface area (Å²) < 4.78 is 26.5. The average molecular weight is 437 g/mol. The van der Waals surface area contributed by atoms with Crippen LogP contribution in [0.1, 0.15) is 12.8 Å². The van der Waals surface area contributed by atoms with Gasteiger partial charge in [0.25, 0.3) is 0 Å². The SMILES string of the molecule is CNC(=O)Cn1nnn(-c2ccc(NC(=O)C3CCN(S(C)(=O)=O)CC3)cc2)c1=O. The van der Waals surface area contributed by atoms with E-state index >= 15 is 0 Å². The lowest BCUT2D eigenvalue weighted by Crippen LogP contribution is -2.40. The second-order valence-corrected chi connectivity index (χ2v) is 8.96. The number of benzene rings is 1. The van der Waals surface area contributed by atoms with E-state index in [1.54, 1.807) is 24.3 Å². The number of sulfonamides is 1. The normalized spacial score (nSPS) is 15.7. The van der Waals surface area contributed by atoms with Gasteiger partial charge in [0.2, 0.25) is 21.8 Å². The molecule has 0 spiro atoms. The molecule has 2 aromatic rings. The van der Waals surface area contributed by atoms with Crippen LogP contribution in [0.2, 0.25) is 0 Å². The number of carbonyl (C=O) groups is 2. The molecule has 1 aromatic heterocycles. The van der Waals surface area contributed by atoms with Crippen molar-refractivity contribution in [3.8, 4) is 5.69 Å². The number of amides is 2. The number of likely N-dealkylation sites (N-methyl/N-ethyl adjacent to an activating group) is 1. The van der Waals surface area contributed by atoms with Gasteiger partial charge in [-0.25, -0.2) is 17.5 Å². The van der Waals surface area contributed by atoms with E-state index in [1.807, 2.05) is 0 Å². The van der Waals surface area contributed by atoms with Crippen molar-refractivity contribution >= 4 is 27.5 Å². The van der Waals surface area contributed by atoms with Crippen LogP contribution in [0.3, 0.4) is 0 Å². The van der Waals surface area contributed by atoms with Crippen molar-refractivity contribution in [3.05, 3.63) is 34.7 Å². The number of hydrogen-bond acceptors (Lipinski definition) is 7. The van der Waals surface area contributed by atoms with Crippen LogP contribution in [-0.4, -0.2) is 70.7 Å². The highest BCUT2D eigenvalue weighted by atomic mass is 32.2. The maximum atomic E-state index is 12.5. The summed E-state index contributed by atoms with van der Waals surface area (Å²) in [7, 11) is -1.78. The van der Waals surface area contributed by atoms with Crippen LogP contribution in [-0.2, 0) is 26.2 Å². The van der Waals surface area contributed by atoms with Gasteiger partial charge in [0, 0.05) is 31.7 Å². The van der Waals surface area contributed by atoms with Crippen LogP contribution >= 0.6 is 0 Å². The predicted molar refractivity (Wildman–Crippen MR) is 107 cm³/mol. The molecule has 1 aromatic carbocycles. The molecule has 162 valence electrons. The van der Waals surface area contributed by atoms with Gasteiger partial charge in [0.05, 0.1) is 11.9 Å². The summed E-state index contributed by atoms with van der Waals surface area (Å²) >= 11 is 0. The minimum atomic E-state index is -3.24. The number of nitrogens with one attached hydrogen (secondary N) is 2. The topological polar surface area (TPSA) is 148 Å². The summed E-state index contributed by atoms with van der Waals surface area (Å²) in [4.78, 5) is 36.2. The van der Waals surface area contributed by atoms with Gasteiger partial charge in [-0.3, -0.25) is 9.59 Å². The molecule has 0 saturated carbocycles. The molecule has 1 saturated heterocycles. The van der Waals surface area contributed by atoms with Gasteiger partial charge >= 0.3 is 5.69 Å². The van der Waals surface area contributed by atoms with Crippen molar-refractivity contribution in [2.24, 2.45) is 5.92 Å². The Kier molecular flexibility index (Phi) is 6.31. The Balaban J connectivity index is 1.62. The summed E-state index contributed by atoms with van der Waals surface area (Å²) in [5, 5.41) is 12.6. The molecule has 0 aliphatic carbocycles. The highest BCUT2D eigenvalue weighted by molar-refractivity contribution is 7.88. The summed E-state index contributed by atoms with van der Waals surface area (Å²) in [6.45, 7) is 0.413. The van der Waals surface area contributed by atoms with Gasteiger partial charge in [-0.15, -0.1) is 0 Å². The first-order valence-corrected chi connectivity index (χ1v) is 11.1. The number of rotatable bonds is 6. The van der Waals surface area contributed by atoms with Crippen LogP contribution in [0.25, 0.3) is 5.69 Å². The minimum absolute atomic E-state index is 0.176. The Morgan fingerprint density at radius 1 is 1.13 bits per heavy atom. The van der Waals surface area contributed by atoms with E-state index in [-0.39, 0.29) is 24.3 Å². The third-order valence-corrected chi connectivity index (χ3v) is 6.19. The molecule has 2 amide bonds. The van der Waals surface area contributed by atoms with Crippen molar-refractivity contribution in [2.75, 3.05) is 31.7 Å². The van der Waals surface area contributed by atoms with E-state index in [1.165, 1.54) is 11.4 Å². The summed E-state index contributed by atoms with van der Waals surface area (Å²) in [6, 6.07) is 6.45. The fourth-order valence-corrected chi connectivity index (χ4v) is 4.00. The fraction of sp³-hybridized carbons (Fsp3) is 0.471. The third kappa shape index (κ3) is 4.91. The largest absolute Gasteiger partial charge is 0.368 e. The monoisotopic (exact) mass is 437 g/mol. The number of hydrogen-bond donors (Lipinski definition) is 2. The smallest absolute Gasteiger partial charge is 0.358 e. The summed E-state index contributed by atoms with van der Waals surface area (Å²) in [5.41, 5.74) is 0.413. The van der Waals surface area contributed by atoms with Crippen molar-refractivity contribution in [1.29, 1.82) is 0 Å². The molecule has 30 heavy (non-hydrogen) atoms. The zero-order valence-electron chi connectivity index (χ0n) is 16.6. The number of nitrogens with zero attached hydrogens (tertiary/aromatic N) is 5. The summed E-state index contributed by atoms with van der Waals surface area (Å²) in [6.07, 6.45) is 2.08. The van der Waals surface area contributed by atoms with E-state index in [0.717, 1.165) is 15.6 Å². The minimum Gasteiger partial charge on any atom is -0.358 e. The highest BCUT2D eigenvalue weighted by Crippen LogP contribution is 2.21. The molecule has 13 heteroatoms. The van der Waals surface area contributed by atoms with Gasteiger partial charge in [-0.1, -0.05) is 0 Å². The van der Waals surface area contributed by atoms with Gasteiger partial charge < -0.3 is 10.6 Å². The molecule has 1 aliphatic heterocycles. The van der Waals surface area contributed by atoms with E-state index in [2.05, 4.69) is 21.1 Å². The standard InChI is InChI=1S/C17H23N7O5S/c1-18-15(25)11-23-17(27)24(21-20-23)14-5-3-13(4-6-14)19-16(26)12-7-9-22(10-8-12)30(2,28)29/h3-6,12H,7-11H2,1-2H3,(H,18,25)(H,19,26).